The minimum atomic E-state index is -0.294. The topological polar surface area (TPSA) is 78.5 Å². The number of allylic oxidation sites excluding steroid dienone is 1. The molecule has 2 rings (SSSR count). The number of hydrazine groups is 1. The van der Waals surface area contributed by atoms with Gasteiger partial charge in [-0.3, -0.25) is 24.7 Å². The Bertz CT molecular complexity index is 550. The molecule has 0 unspecified atom stereocenters. The van der Waals surface area contributed by atoms with Crippen LogP contribution in [-0.4, -0.2) is 22.6 Å². The number of hydrogen-bond acceptors (Lipinski definition) is 4. The molecular weight excluding hydrogens is 258 g/mol. The summed E-state index contributed by atoms with van der Waals surface area (Å²) in [6, 6.07) is 8.71. The Balaban J connectivity index is 1.92. The molecule has 1 heterocycles. The maximum Gasteiger partial charge on any atom is 0.269 e. The number of nitrogens with one attached hydrogen (secondary N) is 2. The van der Waals surface area contributed by atoms with E-state index in [4.69, 9.17) is 0 Å². The van der Waals surface area contributed by atoms with Gasteiger partial charge in [0.15, 0.2) is 0 Å². The van der Waals surface area contributed by atoms with Gasteiger partial charge >= 0.3 is 0 Å². The van der Waals surface area contributed by atoms with Gasteiger partial charge in [0.25, 0.3) is 5.91 Å². The highest BCUT2D eigenvalue weighted by molar-refractivity contribution is 6.03. The molecule has 0 bridgehead atoms. The zero-order valence-electron chi connectivity index (χ0n) is 11.1. The Morgan fingerprint density at radius 2 is 1.70 bits per heavy atom. The van der Waals surface area contributed by atoms with E-state index in [0.29, 0.717) is 11.3 Å². The van der Waals surface area contributed by atoms with Crippen LogP contribution in [0.1, 0.15) is 30.1 Å². The highest BCUT2D eigenvalue weighted by Crippen LogP contribution is 2.12. The second-order valence-electron chi connectivity index (χ2n) is 4.41. The Morgan fingerprint density at radius 1 is 1.10 bits per heavy atom. The average Bonchev–Trinajstić information content (AvgIpc) is 2.77. The maximum atomic E-state index is 11.8. The van der Waals surface area contributed by atoms with Crippen LogP contribution in [0.15, 0.2) is 42.2 Å². The summed E-state index contributed by atoms with van der Waals surface area (Å²) in [5.74, 6) is -0.756. The zero-order chi connectivity index (χ0) is 14.5. The first-order valence-corrected chi connectivity index (χ1v) is 6.22. The van der Waals surface area contributed by atoms with Gasteiger partial charge in [-0.25, -0.2) is 0 Å². The summed E-state index contributed by atoms with van der Waals surface area (Å²) in [6.45, 7) is 1.66. The van der Waals surface area contributed by atoms with E-state index in [-0.39, 0.29) is 30.6 Å². The summed E-state index contributed by atoms with van der Waals surface area (Å²) in [4.78, 5) is 35.7. The van der Waals surface area contributed by atoms with Crippen LogP contribution in [0.4, 0.5) is 0 Å². The summed E-state index contributed by atoms with van der Waals surface area (Å²) >= 11 is 0. The van der Waals surface area contributed by atoms with Crippen molar-refractivity contribution >= 4 is 17.7 Å². The summed E-state index contributed by atoms with van der Waals surface area (Å²) in [5.41, 5.74) is 6.17. The van der Waals surface area contributed by atoms with E-state index in [0.717, 1.165) is 4.90 Å². The quantitative estimate of drug-likeness (QED) is 0.632. The molecule has 20 heavy (non-hydrogen) atoms. The van der Waals surface area contributed by atoms with Gasteiger partial charge in [-0.05, 0) is 19.1 Å². The van der Waals surface area contributed by atoms with Crippen molar-refractivity contribution in [3.05, 3.63) is 47.8 Å². The van der Waals surface area contributed by atoms with Gasteiger partial charge in [0, 0.05) is 30.3 Å². The normalized spacial score (nSPS) is 15.4. The Hall–Kier alpha value is -2.63. The first-order valence-electron chi connectivity index (χ1n) is 6.22. The molecule has 0 saturated carbocycles. The summed E-state index contributed by atoms with van der Waals surface area (Å²) in [7, 11) is 0. The lowest BCUT2D eigenvalue weighted by atomic mass is 10.2. The van der Waals surface area contributed by atoms with Crippen molar-refractivity contribution in [3.8, 4) is 0 Å². The number of carbonyl (C=O) groups excluding carboxylic acids is 3. The second kappa shape index (κ2) is 6.01. The van der Waals surface area contributed by atoms with Crippen LogP contribution in [0.25, 0.3) is 0 Å². The molecule has 0 aromatic heterocycles. The molecule has 0 spiro atoms. The number of rotatable bonds is 4. The van der Waals surface area contributed by atoms with Gasteiger partial charge in [-0.15, -0.1) is 0 Å². The van der Waals surface area contributed by atoms with E-state index in [1.54, 1.807) is 31.2 Å². The SMILES string of the molecule is CC(=CN1C(=O)CCC1=O)NNC(=O)c1ccccc1. The molecule has 0 atom stereocenters. The van der Waals surface area contributed by atoms with Crippen LogP contribution in [0.2, 0.25) is 0 Å². The van der Waals surface area contributed by atoms with Crippen LogP contribution in [0.3, 0.4) is 0 Å². The lowest BCUT2D eigenvalue weighted by Gasteiger charge is -2.12. The van der Waals surface area contributed by atoms with Gasteiger partial charge in [0.05, 0.1) is 0 Å². The number of amides is 3. The van der Waals surface area contributed by atoms with E-state index in [1.807, 2.05) is 6.07 Å². The van der Waals surface area contributed by atoms with E-state index in [1.165, 1.54) is 6.20 Å². The first-order chi connectivity index (χ1) is 9.58. The molecule has 0 radical (unpaired) electrons. The van der Waals surface area contributed by atoms with Crippen molar-refractivity contribution in [2.45, 2.75) is 19.8 Å². The van der Waals surface area contributed by atoms with Gasteiger partial charge in [0.1, 0.15) is 0 Å². The molecule has 1 fully saturated rings. The predicted octanol–water partition coefficient (Wildman–Crippen LogP) is 0.931. The van der Waals surface area contributed by atoms with Crippen molar-refractivity contribution < 1.29 is 14.4 Å². The minimum Gasteiger partial charge on any atom is -0.301 e. The fourth-order valence-electron chi connectivity index (χ4n) is 1.78. The molecule has 1 aromatic rings. The van der Waals surface area contributed by atoms with Crippen LogP contribution < -0.4 is 10.9 Å². The molecule has 1 aromatic carbocycles. The van der Waals surface area contributed by atoms with E-state index in [2.05, 4.69) is 10.9 Å². The highest BCUT2D eigenvalue weighted by atomic mass is 16.2. The van der Waals surface area contributed by atoms with Crippen molar-refractivity contribution in [2.75, 3.05) is 0 Å². The molecule has 6 nitrogen and oxygen atoms in total. The van der Waals surface area contributed by atoms with Crippen molar-refractivity contribution in [1.29, 1.82) is 0 Å². The molecule has 1 aliphatic heterocycles. The van der Waals surface area contributed by atoms with Crippen LogP contribution in [0, 0.1) is 0 Å². The van der Waals surface area contributed by atoms with Crippen LogP contribution in [-0.2, 0) is 9.59 Å². The molecule has 104 valence electrons. The second-order valence-corrected chi connectivity index (χ2v) is 4.41. The predicted molar refractivity (Wildman–Crippen MR) is 71.9 cm³/mol. The van der Waals surface area contributed by atoms with Crippen LogP contribution in [0.5, 0.6) is 0 Å². The number of benzene rings is 1. The monoisotopic (exact) mass is 273 g/mol. The number of carbonyl (C=O) groups is 3. The Morgan fingerprint density at radius 3 is 2.30 bits per heavy atom. The highest BCUT2D eigenvalue weighted by Gasteiger charge is 2.27. The third-order valence-corrected chi connectivity index (χ3v) is 2.82. The summed E-state index contributed by atoms with van der Waals surface area (Å²) in [5, 5.41) is 0. The standard InChI is InChI=1S/C14H15N3O3/c1-10(9-17-12(18)7-8-13(17)19)15-16-14(20)11-5-3-2-4-6-11/h2-6,9,15H,7-8H2,1H3,(H,16,20). The third kappa shape index (κ3) is 3.23. The lowest BCUT2D eigenvalue weighted by molar-refractivity contribution is -0.135. The number of nitrogens with zero attached hydrogens (tertiary/aromatic N) is 1. The van der Waals surface area contributed by atoms with Gasteiger partial charge < -0.3 is 5.43 Å². The van der Waals surface area contributed by atoms with Crippen molar-refractivity contribution in [1.82, 2.24) is 15.8 Å². The first kappa shape index (κ1) is 13.8. The molecule has 0 aliphatic carbocycles. The lowest BCUT2D eigenvalue weighted by Crippen LogP contribution is -2.37. The Labute approximate surface area is 116 Å². The zero-order valence-corrected chi connectivity index (χ0v) is 11.1. The van der Waals surface area contributed by atoms with Gasteiger partial charge in [-0.1, -0.05) is 18.2 Å². The molecule has 1 aliphatic rings. The molecule has 3 amide bonds. The molecule has 6 heteroatoms. The minimum absolute atomic E-state index is 0.231. The number of imide groups is 1. The van der Waals surface area contributed by atoms with Crippen molar-refractivity contribution in [2.24, 2.45) is 0 Å². The summed E-state index contributed by atoms with van der Waals surface area (Å²) < 4.78 is 0. The largest absolute Gasteiger partial charge is 0.301 e. The van der Waals surface area contributed by atoms with Crippen molar-refractivity contribution in [3.63, 3.8) is 0 Å². The average molecular weight is 273 g/mol. The molecule has 2 N–H and O–H groups in total. The summed E-state index contributed by atoms with van der Waals surface area (Å²) in [6.07, 6.45) is 1.86. The number of hydrogen-bond donors (Lipinski definition) is 2. The van der Waals surface area contributed by atoms with Gasteiger partial charge in [-0.2, -0.15) is 0 Å². The van der Waals surface area contributed by atoms with Crippen LogP contribution >= 0.6 is 0 Å². The van der Waals surface area contributed by atoms with E-state index < -0.39 is 0 Å². The van der Waals surface area contributed by atoms with Gasteiger partial charge in [0.2, 0.25) is 11.8 Å². The Kier molecular flexibility index (Phi) is 4.14. The number of likely N-dealkylation sites (tertiary alicyclic amines) is 1. The third-order valence-electron chi connectivity index (χ3n) is 2.82. The fourth-order valence-corrected chi connectivity index (χ4v) is 1.78. The smallest absolute Gasteiger partial charge is 0.269 e. The van der Waals surface area contributed by atoms with E-state index in [9.17, 15) is 14.4 Å². The van der Waals surface area contributed by atoms with E-state index >= 15 is 0 Å². The molecule has 1 saturated heterocycles. The maximum absolute atomic E-state index is 11.8. The molecular formula is C14H15N3O3. The fraction of sp³-hybridized carbons (Fsp3) is 0.214.